The number of amides is 2. The molecule has 38 heavy (non-hydrogen) atoms. The molecule has 11 heteroatoms. The number of anilines is 4. The number of carbonyl (C=O) groups is 2. The summed E-state index contributed by atoms with van der Waals surface area (Å²) in [7, 11) is 3.07. The minimum absolute atomic E-state index is 0.0581. The molecule has 0 saturated heterocycles. The fourth-order valence-corrected chi connectivity index (χ4v) is 5.08. The number of hydrogen-bond donors (Lipinski definition) is 3. The van der Waals surface area contributed by atoms with Crippen molar-refractivity contribution in [1.82, 2.24) is 14.9 Å². The molecule has 3 aromatic rings. The number of benzene rings is 2. The van der Waals surface area contributed by atoms with Gasteiger partial charge in [0.05, 0.1) is 29.2 Å². The van der Waals surface area contributed by atoms with E-state index in [9.17, 15) is 20.0 Å². The van der Waals surface area contributed by atoms with Crippen molar-refractivity contribution in [2.24, 2.45) is 0 Å². The number of nitrogens with zero attached hydrogens (tertiary/aromatic N) is 5. The first-order valence-electron chi connectivity index (χ1n) is 12.0. The Labute approximate surface area is 224 Å². The molecule has 3 N–H and O–H groups in total. The Morgan fingerprint density at radius 3 is 2.82 bits per heavy atom. The number of likely N-dealkylation sites (N-methyl/N-ethyl adjacent to an activating group) is 1. The van der Waals surface area contributed by atoms with Crippen molar-refractivity contribution in [3.63, 3.8) is 0 Å². The highest BCUT2D eigenvalue weighted by Crippen LogP contribution is 2.41. The van der Waals surface area contributed by atoms with Gasteiger partial charge in [-0.25, -0.2) is 9.97 Å². The zero-order valence-electron chi connectivity index (χ0n) is 21.2. The van der Waals surface area contributed by atoms with Crippen LogP contribution in [0.25, 0.3) is 11.3 Å². The Morgan fingerprint density at radius 2 is 2.11 bits per heavy atom. The molecule has 2 aliphatic heterocycles. The first-order valence-corrected chi connectivity index (χ1v) is 12.4. The zero-order valence-corrected chi connectivity index (χ0v) is 21.9. The van der Waals surface area contributed by atoms with Gasteiger partial charge >= 0.3 is 11.8 Å². The van der Waals surface area contributed by atoms with E-state index >= 15 is 0 Å². The molecule has 10 nitrogen and oxygen atoms in total. The van der Waals surface area contributed by atoms with Crippen LogP contribution in [0.2, 0.25) is 5.02 Å². The Balaban J connectivity index is 1.49. The Morgan fingerprint density at radius 1 is 1.32 bits per heavy atom. The highest BCUT2D eigenvalue weighted by molar-refractivity contribution is 6.40. The summed E-state index contributed by atoms with van der Waals surface area (Å²) in [5, 5.41) is 26.6. The summed E-state index contributed by atoms with van der Waals surface area (Å²) < 4.78 is 0. The fraction of sp³-hybridized carbons (Fsp3) is 0.296. The molecule has 1 aromatic heterocycles. The summed E-state index contributed by atoms with van der Waals surface area (Å²) in [5.74, 6) is -0.917. The largest absolute Gasteiger partial charge is 0.395 e. The minimum atomic E-state index is -0.616. The number of aliphatic hydroxyl groups is 1. The lowest BCUT2D eigenvalue weighted by Crippen LogP contribution is -2.41. The highest BCUT2D eigenvalue weighted by Gasteiger charge is 2.36. The van der Waals surface area contributed by atoms with Gasteiger partial charge in [0.1, 0.15) is 6.07 Å². The van der Waals surface area contributed by atoms with Crippen molar-refractivity contribution in [2.45, 2.75) is 18.8 Å². The molecule has 0 bridgehead atoms. The van der Waals surface area contributed by atoms with Crippen LogP contribution in [0.4, 0.5) is 23.0 Å². The van der Waals surface area contributed by atoms with Gasteiger partial charge in [0, 0.05) is 60.6 Å². The maximum atomic E-state index is 12.7. The fourth-order valence-electron chi connectivity index (χ4n) is 4.86. The molecule has 0 saturated carbocycles. The molecular formula is C27H26ClN7O3. The third kappa shape index (κ3) is 4.30. The Kier molecular flexibility index (Phi) is 6.42. The molecule has 3 heterocycles. The summed E-state index contributed by atoms with van der Waals surface area (Å²) in [6.07, 6.45) is 2.15. The van der Waals surface area contributed by atoms with E-state index in [4.69, 9.17) is 11.6 Å². The molecule has 1 atom stereocenters. The van der Waals surface area contributed by atoms with Crippen molar-refractivity contribution < 1.29 is 14.7 Å². The van der Waals surface area contributed by atoms with E-state index in [0.29, 0.717) is 53.1 Å². The number of nitrogens with one attached hydrogen (secondary N) is 2. The molecular weight excluding hydrogens is 506 g/mol. The van der Waals surface area contributed by atoms with Crippen LogP contribution in [-0.2, 0) is 21.4 Å². The van der Waals surface area contributed by atoms with E-state index in [2.05, 4.69) is 26.7 Å². The predicted molar refractivity (Wildman–Crippen MR) is 145 cm³/mol. The van der Waals surface area contributed by atoms with E-state index in [1.54, 1.807) is 30.5 Å². The number of carbonyl (C=O) groups excluding carboxylic acids is 2. The van der Waals surface area contributed by atoms with Gasteiger partial charge in [0.2, 0.25) is 5.95 Å². The molecule has 0 radical (unpaired) electrons. The molecule has 0 unspecified atom stereocenters. The second kappa shape index (κ2) is 9.59. The van der Waals surface area contributed by atoms with Gasteiger partial charge < -0.3 is 25.5 Å². The molecule has 0 spiro atoms. The van der Waals surface area contributed by atoms with Gasteiger partial charge in [0.25, 0.3) is 0 Å². The maximum Gasteiger partial charge on any atom is 0.316 e. The summed E-state index contributed by atoms with van der Waals surface area (Å²) in [4.78, 5) is 36.7. The van der Waals surface area contributed by atoms with Crippen LogP contribution in [-0.4, -0.2) is 65.6 Å². The first-order chi connectivity index (χ1) is 18.1. The lowest BCUT2D eigenvalue weighted by Gasteiger charge is -2.21. The third-order valence-electron chi connectivity index (χ3n) is 7.01. The van der Waals surface area contributed by atoms with Crippen LogP contribution in [0.3, 0.4) is 0 Å². The second-order valence-electron chi connectivity index (χ2n) is 9.88. The molecule has 2 amide bonds. The summed E-state index contributed by atoms with van der Waals surface area (Å²) in [5.41, 5.74) is 4.94. The maximum absolute atomic E-state index is 12.7. The number of halogens is 1. The van der Waals surface area contributed by atoms with Crippen molar-refractivity contribution >= 4 is 46.4 Å². The SMILES string of the molecule is CN(C)C(=O)C(=O)N1CCc2c(Nc3nccc(-c4cc(C#N)c5c(c4)[C@@](C)(CO)CN5)n3)cc(Cl)cc21. The third-order valence-corrected chi connectivity index (χ3v) is 7.23. The lowest BCUT2D eigenvalue weighted by molar-refractivity contribution is -0.142. The summed E-state index contributed by atoms with van der Waals surface area (Å²) >= 11 is 6.39. The molecule has 5 rings (SSSR count). The monoisotopic (exact) mass is 531 g/mol. The predicted octanol–water partition coefficient (Wildman–Crippen LogP) is 3.07. The molecule has 0 fully saturated rings. The van der Waals surface area contributed by atoms with Gasteiger partial charge in [0.15, 0.2) is 0 Å². The number of rotatable bonds is 4. The van der Waals surface area contributed by atoms with Crippen molar-refractivity contribution in [2.75, 3.05) is 49.3 Å². The number of fused-ring (bicyclic) bond motifs is 2. The lowest BCUT2D eigenvalue weighted by atomic mass is 9.83. The van der Waals surface area contributed by atoms with Gasteiger partial charge in [-0.05, 0) is 42.3 Å². The van der Waals surface area contributed by atoms with Crippen LogP contribution >= 0.6 is 11.6 Å². The normalized spacial score (nSPS) is 17.3. The molecule has 2 aliphatic rings. The van der Waals surface area contributed by atoms with Crippen LogP contribution < -0.4 is 15.5 Å². The van der Waals surface area contributed by atoms with E-state index in [0.717, 1.165) is 22.4 Å². The number of nitriles is 1. The van der Waals surface area contributed by atoms with Gasteiger partial charge in [-0.3, -0.25) is 9.59 Å². The minimum Gasteiger partial charge on any atom is -0.395 e. The average molecular weight is 532 g/mol. The van der Waals surface area contributed by atoms with Gasteiger partial charge in [-0.2, -0.15) is 5.26 Å². The second-order valence-corrected chi connectivity index (χ2v) is 10.3. The average Bonchev–Trinajstić information content (AvgIpc) is 3.49. The quantitative estimate of drug-likeness (QED) is 0.437. The Hall–Kier alpha value is -4.20. The number of aliphatic hydroxyl groups excluding tert-OH is 1. The van der Waals surface area contributed by atoms with Crippen LogP contribution in [0, 0.1) is 11.3 Å². The smallest absolute Gasteiger partial charge is 0.316 e. The van der Waals surface area contributed by atoms with Gasteiger partial charge in [-0.15, -0.1) is 0 Å². The molecule has 194 valence electrons. The van der Waals surface area contributed by atoms with Crippen molar-refractivity contribution in [1.29, 1.82) is 5.26 Å². The van der Waals surface area contributed by atoms with Gasteiger partial charge in [-0.1, -0.05) is 18.5 Å². The zero-order chi connectivity index (χ0) is 27.2. The summed E-state index contributed by atoms with van der Waals surface area (Å²) in [6, 6.07) is 11.1. The molecule has 0 aliphatic carbocycles. The topological polar surface area (TPSA) is 134 Å². The number of aromatic nitrogens is 2. The van der Waals surface area contributed by atoms with E-state index in [1.165, 1.54) is 23.9 Å². The molecule has 2 aromatic carbocycles. The van der Waals surface area contributed by atoms with Crippen LogP contribution in [0.5, 0.6) is 0 Å². The van der Waals surface area contributed by atoms with E-state index in [1.807, 2.05) is 13.0 Å². The van der Waals surface area contributed by atoms with Crippen LogP contribution in [0.1, 0.15) is 23.6 Å². The Bertz CT molecular complexity index is 1520. The van der Waals surface area contributed by atoms with E-state index < -0.39 is 17.2 Å². The van der Waals surface area contributed by atoms with Crippen LogP contribution in [0.15, 0.2) is 36.5 Å². The van der Waals surface area contributed by atoms with E-state index in [-0.39, 0.29) is 6.61 Å². The number of hydrogen-bond acceptors (Lipinski definition) is 8. The van der Waals surface area contributed by atoms with Crippen molar-refractivity contribution in [3.05, 3.63) is 58.2 Å². The summed E-state index contributed by atoms with van der Waals surface area (Å²) in [6.45, 7) is 2.78. The first kappa shape index (κ1) is 25.4. The van der Waals surface area contributed by atoms with Crippen molar-refractivity contribution in [3.8, 4) is 17.3 Å². The highest BCUT2D eigenvalue weighted by atomic mass is 35.5. The standard InChI is InChI=1S/C27H26ClN7O3/c1-27(14-36)13-31-23-16(12-29)8-15(9-19(23)27)20-4-6-30-26(32-20)33-21-10-17(28)11-22-18(21)5-7-35(22)25(38)24(37)34(2)3/h4,6,8-11,31,36H,5,7,13-14H2,1-3H3,(H,30,32,33)/t27-/m1/s1.